The summed E-state index contributed by atoms with van der Waals surface area (Å²) in [6.07, 6.45) is 0. The van der Waals surface area contributed by atoms with E-state index in [2.05, 4.69) is 19.2 Å². The van der Waals surface area contributed by atoms with Crippen molar-refractivity contribution >= 4 is 0 Å². The Morgan fingerprint density at radius 3 is 1.86 bits per heavy atom. The van der Waals surface area contributed by atoms with Crippen LogP contribution in [0.2, 0.25) is 0 Å². The average Bonchev–Trinajstić information content (AvgIpc) is 1.35. The Morgan fingerprint density at radius 2 is 1.86 bits per heavy atom. The monoisotopic (exact) mass is 93.1 g/mol. The molecule has 0 N–H and O–H groups in total. The first-order chi connectivity index (χ1) is 2.77. The maximum atomic E-state index is 3.94. The molecule has 38 valence electrons. The van der Waals surface area contributed by atoms with Crippen LogP contribution in [0.1, 0.15) is 13.8 Å². The van der Waals surface area contributed by atoms with Crippen molar-refractivity contribution < 1.29 is 18.9 Å². The number of hydrogen-bond acceptors (Lipinski definition) is 0. The van der Waals surface area contributed by atoms with E-state index in [-0.39, 0.29) is 18.9 Å². The van der Waals surface area contributed by atoms with Crippen LogP contribution in [-0.2, 0) is 0 Å². The van der Waals surface area contributed by atoms with Crippen molar-refractivity contribution in [2.45, 2.75) is 13.8 Å². The summed E-state index contributed by atoms with van der Waals surface area (Å²) < 4.78 is 0. The van der Waals surface area contributed by atoms with Gasteiger partial charge in [0.15, 0.2) is 0 Å². The van der Waals surface area contributed by atoms with Gasteiger partial charge in [0.25, 0.3) is 0 Å². The van der Waals surface area contributed by atoms with Crippen LogP contribution in [0.15, 0.2) is 0 Å². The fraction of sp³-hybridized carbons (Fsp3) is 1.00. The molecule has 0 rings (SSSR count). The molecule has 0 amide bonds. The SMILES string of the molecule is C[N-]CC(C)C.[Li+]. The predicted molar refractivity (Wildman–Crippen MR) is 29.0 cm³/mol. The molecule has 0 aromatic heterocycles. The summed E-state index contributed by atoms with van der Waals surface area (Å²) in [4.78, 5) is 0. The van der Waals surface area contributed by atoms with Gasteiger partial charge in [0.1, 0.15) is 0 Å². The minimum Gasteiger partial charge on any atom is -0.665 e. The van der Waals surface area contributed by atoms with E-state index < -0.39 is 0 Å². The van der Waals surface area contributed by atoms with Crippen molar-refractivity contribution in [2.24, 2.45) is 5.92 Å². The molecule has 0 aliphatic carbocycles. The molecule has 0 saturated carbocycles. The maximum Gasteiger partial charge on any atom is 1.00 e. The van der Waals surface area contributed by atoms with Gasteiger partial charge in [0.05, 0.1) is 0 Å². The van der Waals surface area contributed by atoms with Crippen LogP contribution in [0, 0.1) is 5.92 Å². The smallest absolute Gasteiger partial charge is 0.665 e. The van der Waals surface area contributed by atoms with Gasteiger partial charge in [-0.3, -0.25) is 0 Å². The molecule has 0 atom stereocenters. The predicted octanol–water partition coefficient (Wildman–Crippen LogP) is -1.35. The van der Waals surface area contributed by atoms with Crippen molar-refractivity contribution in [1.82, 2.24) is 0 Å². The summed E-state index contributed by atoms with van der Waals surface area (Å²) in [5.74, 6) is 0.731. The fourth-order valence-electron chi connectivity index (χ4n) is 0.365. The van der Waals surface area contributed by atoms with E-state index in [1.165, 1.54) is 0 Å². The molecule has 0 unspecified atom stereocenters. The van der Waals surface area contributed by atoms with Gasteiger partial charge < -0.3 is 5.32 Å². The van der Waals surface area contributed by atoms with E-state index in [1.807, 2.05) is 7.05 Å². The van der Waals surface area contributed by atoms with Crippen LogP contribution in [0.5, 0.6) is 0 Å². The quantitative estimate of drug-likeness (QED) is 0.375. The van der Waals surface area contributed by atoms with Crippen LogP contribution < -0.4 is 18.9 Å². The Labute approximate surface area is 58.0 Å². The van der Waals surface area contributed by atoms with Gasteiger partial charge in [-0.15, -0.1) is 6.54 Å². The van der Waals surface area contributed by atoms with Crippen molar-refractivity contribution in [3.05, 3.63) is 5.32 Å². The van der Waals surface area contributed by atoms with E-state index in [0.717, 1.165) is 12.5 Å². The van der Waals surface area contributed by atoms with E-state index in [0.29, 0.717) is 0 Å². The molecule has 7 heavy (non-hydrogen) atoms. The van der Waals surface area contributed by atoms with Crippen LogP contribution >= 0.6 is 0 Å². The third-order valence-electron chi connectivity index (χ3n) is 0.548. The molecule has 0 aliphatic heterocycles. The maximum absolute atomic E-state index is 3.94. The first-order valence-electron chi connectivity index (χ1n) is 2.33. The Morgan fingerprint density at radius 1 is 1.43 bits per heavy atom. The zero-order valence-electron chi connectivity index (χ0n) is 5.73. The number of nitrogens with zero attached hydrogens (tertiary/aromatic N) is 1. The molecular weight excluding hydrogens is 81.0 g/mol. The van der Waals surface area contributed by atoms with Gasteiger partial charge in [-0.2, -0.15) is 7.05 Å². The normalized spacial score (nSPS) is 8.57. The van der Waals surface area contributed by atoms with Gasteiger partial charge in [0.2, 0.25) is 0 Å². The molecule has 0 spiro atoms. The molecule has 0 aromatic carbocycles. The molecule has 0 saturated heterocycles. The Bertz CT molecular complexity index is 29.3. The second-order valence-electron chi connectivity index (χ2n) is 1.89. The Balaban J connectivity index is 0. The second-order valence-corrected chi connectivity index (χ2v) is 1.89. The molecule has 0 heterocycles. The minimum atomic E-state index is 0. The first kappa shape index (κ1) is 10.5. The molecule has 1 nitrogen and oxygen atoms in total. The molecule has 0 aliphatic rings. The van der Waals surface area contributed by atoms with Crippen molar-refractivity contribution in [2.75, 3.05) is 13.6 Å². The Kier molecular flexibility index (Phi) is 9.86. The Hall–Kier alpha value is 0.557. The summed E-state index contributed by atoms with van der Waals surface area (Å²) in [5.41, 5.74) is 0. The van der Waals surface area contributed by atoms with Crippen LogP contribution in [0.3, 0.4) is 0 Å². The number of hydrogen-bond donors (Lipinski definition) is 0. The van der Waals surface area contributed by atoms with Crippen LogP contribution in [0.25, 0.3) is 5.32 Å². The van der Waals surface area contributed by atoms with Crippen LogP contribution in [-0.4, -0.2) is 13.6 Å². The van der Waals surface area contributed by atoms with E-state index >= 15 is 0 Å². The summed E-state index contributed by atoms with van der Waals surface area (Å²) >= 11 is 0. The van der Waals surface area contributed by atoms with Crippen LogP contribution in [0.4, 0.5) is 0 Å². The zero-order chi connectivity index (χ0) is 4.99. The minimum absolute atomic E-state index is 0. The summed E-state index contributed by atoms with van der Waals surface area (Å²) in [6.45, 7) is 5.32. The largest absolute Gasteiger partial charge is 1.00 e. The number of rotatable bonds is 2. The van der Waals surface area contributed by atoms with Gasteiger partial charge in [-0.25, -0.2) is 0 Å². The molecular formula is C5H12LiN. The average molecular weight is 93.1 g/mol. The van der Waals surface area contributed by atoms with E-state index in [9.17, 15) is 0 Å². The first-order valence-corrected chi connectivity index (χ1v) is 2.33. The summed E-state index contributed by atoms with van der Waals surface area (Å²) in [7, 11) is 1.85. The summed E-state index contributed by atoms with van der Waals surface area (Å²) in [5, 5.41) is 3.94. The fourth-order valence-corrected chi connectivity index (χ4v) is 0.365. The van der Waals surface area contributed by atoms with Gasteiger partial charge in [-0.05, 0) is 0 Å². The molecule has 0 bridgehead atoms. The van der Waals surface area contributed by atoms with Gasteiger partial charge in [0, 0.05) is 0 Å². The summed E-state index contributed by atoms with van der Waals surface area (Å²) in [6, 6.07) is 0. The van der Waals surface area contributed by atoms with E-state index in [4.69, 9.17) is 0 Å². The standard InChI is InChI=1S/C5H12N.Li/c1-5(2)4-6-3;/h5H,4H2,1-3H3;/q-1;+1. The molecule has 0 fully saturated rings. The van der Waals surface area contributed by atoms with Crippen molar-refractivity contribution in [1.29, 1.82) is 0 Å². The third-order valence-corrected chi connectivity index (χ3v) is 0.548. The zero-order valence-corrected chi connectivity index (χ0v) is 5.73. The van der Waals surface area contributed by atoms with Crippen molar-refractivity contribution in [3.63, 3.8) is 0 Å². The molecule has 0 aromatic rings. The molecule has 0 radical (unpaired) electrons. The van der Waals surface area contributed by atoms with Crippen molar-refractivity contribution in [3.8, 4) is 0 Å². The topological polar surface area (TPSA) is 14.1 Å². The third kappa shape index (κ3) is 10.8. The second kappa shape index (κ2) is 6.56. The van der Waals surface area contributed by atoms with Gasteiger partial charge in [-0.1, -0.05) is 19.8 Å². The van der Waals surface area contributed by atoms with Gasteiger partial charge >= 0.3 is 18.9 Å². The molecule has 2 heteroatoms. The van der Waals surface area contributed by atoms with E-state index in [1.54, 1.807) is 0 Å².